The van der Waals surface area contributed by atoms with Crippen molar-refractivity contribution in [2.75, 3.05) is 0 Å². The molecular formula is C62H50O6P2Si. The number of rotatable bonds is 18. The van der Waals surface area contributed by atoms with Crippen molar-refractivity contribution in [3.8, 4) is 79.0 Å². The van der Waals surface area contributed by atoms with Crippen LogP contribution in [-0.2, 0) is 0 Å². The molecule has 0 aromatic heterocycles. The molecule has 0 N–H and O–H groups in total. The zero-order valence-electron chi connectivity index (χ0n) is 39.2. The summed E-state index contributed by atoms with van der Waals surface area (Å²) in [6.07, 6.45) is 0. The van der Waals surface area contributed by atoms with Crippen molar-refractivity contribution in [3.05, 3.63) is 267 Å². The van der Waals surface area contributed by atoms with E-state index in [2.05, 4.69) is 110 Å². The molecule has 10 rings (SSSR count). The summed E-state index contributed by atoms with van der Waals surface area (Å²) in [4.78, 5) is 0. The van der Waals surface area contributed by atoms with E-state index in [1.165, 1.54) is 0 Å². The summed E-state index contributed by atoms with van der Waals surface area (Å²) in [5.74, 6) is 3.89. The predicted molar refractivity (Wildman–Crippen MR) is 295 cm³/mol. The molecule has 0 saturated heterocycles. The molecule has 0 fully saturated rings. The quantitative estimate of drug-likeness (QED) is 0.0631. The first-order valence-electron chi connectivity index (χ1n) is 23.4. The Kier molecular flexibility index (Phi) is 14.6. The summed E-state index contributed by atoms with van der Waals surface area (Å²) >= 11 is 0. The van der Waals surface area contributed by atoms with E-state index in [0.717, 1.165) is 54.9 Å². The summed E-state index contributed by atoms with van der Waals surface area (Å²) in [5, 5.41) is 2.05. The van der Waals surface area contributed by atoms with Crippen LogP contribution in [0.2, 0.25) is 13.1 Å². The largest absolute Gasteiger partial charge is 0.530 e. The lowest BCUT2D eigenvalue weighted by atomic mass is 10.1. The lowest BCUT2D eigenvalue weighted by Gasteiger charge is -2.29. The third-order valence-electron chi connectivity index (χ3n) is 12.0. The first-order valence-corrected chi connectivity index (χ1v) is 28.6. The van der Waals surface area contributed by atoms with Crippen molar-refractivity contribution in [3.63, 3.8) is 0 Å². The molecule has 0 saturated carbocycles. The van der Waals surface area contributed by atoms with E-state index in [1.807, 2.05) is 170 Å². The van der Waals surface area contributed by atoms with Crippen LogP contribution in [0.5, 0.6) is 34.5 Å². The Morgan fingerprint density at radius 2 is 0.423 bits per heavy atom. The molecule has 0 aliphatic rings. The summed E-state index contributed by atoms with van der Waals surface area (Å²) < 4.78 is 41.9. The minimum absolute atomic E-state index is 0.644. The van der Waals surface area contributed by atoms with Gasteiger partial charge in [-0.2, -0.15) is 0 Å². The Labute approximate surface area is 419 Å². The summed E-state index contributed by atoms with van der Waals surface area (Å²) in [5.41, 5.74) is 7.80. The lowest BCUT2D eigenvalue weighted by molar-refractivity contribution is 0.390. The Morgan fingerprint density at radius 1 is 0.225 bits per heavy atom. The fraction of sp³-hybridized carbons (Fsp3) is 0.0323. The molecule has 0 unspecified atom stereocenters. The minimum atomic E-state index is -2.75. The van der Waals surface area contributed by atoms with Gasteiger partial charge in [0.1, 0.15) is 42.6 Å². The van der Waals surface area contributed by atoms with Gasteiger partial charge >= 0.3 is 17.2 Å². The molecule has 0 heterocycles. The first-order chi connectivity index (χ1) is 35.0. The van der Waals surface area contributed by atoms with Crippen LogP contribution in [-0.4, -0.2) is 8.07 Å². The van der Waals surface area contributed by atoms with Crippen LogP contribution in [0.3, 0.4) is 0 Å². The van der Waals surface area contributed by atoms with E-state index >= 15 is 0 Å². The summed E-state index contributed by atoms with van der Waals surface area (Å²) in [6, 6.07) is 89.2. The van der Waals surface area contributed by atoms with E-state index in [0.29, 0.717) is 34.5 Å². The van der Waals surface area contributed by atoms with Gasteiger partial charge in [0.25, 0.3) is 0 Å². The zero-order chi connectivity index (χ0) is 48.2. The maximum absolute atomic E-state index is 7.10. The van der Waals surface area contributed by atoms with E-state index in [-0.39, 0.29) is 0 Å². The second kappa shape index (κ2) is 22.2. The van der Waals surface area contributed by atoms with E-state index in [1.54, 1.807) is 0 Å². The average Bonchev–Trinajstić information content (AvgIpc) is 3.43. The van der Waals surface area contributed by atoms with Gasteiger partial charge in [0.15, 0.2) is 0 Å². The standard InChI is InChI=1S/C62H50O6P2Si/c1-71(2,61-45-25-23-43-59(61)67-69(63-55-39-19-15-35-51(55)47-27-7-3-8-28-47)64-56-40-20-16-36-52(56)48-29-9-4-10-30-48)62-46-26-24-44-60(62)68-70(65-57-41-21-17-37-53(57)49-31-11-5-12-32-49)66-58-42-22-18-38-54(58)50-33-13-6-14-34-50/h3-46H,1-2H3. The van der Waals surface area contributed by atoms with Crippen molar-refractivity contribution in [1.82, 2.24) is 0 Å². The van der Waals surface area contributed by atoms with Crippen LogP contribution in [0.15, 0.2) is 267 Å². The van der Waals surface area contributed by atoms with Crippen molar-refractivity contribution < 1.29 is 27.1 Å². The number of hydrogen-bond acceptors (Lipinski definition) is 6. The molecule has 9 heteroatoms. The van der Waals surface area contributed by atoms with Gasteiger partial charge in [0.2, 0.25) is 0 Å². The molecule has 0 atom stereocenters. The third-order valence-corrected chi connectivity index (χ3v) is 17.6. The van der Waals surface area contributed by atoms with Crippen molar-refractivity contribution in [2.24, 2.45) is 0 Å². The van der Waals surface area contributed by atoms with E-state index < -0.39 is 25.3 Å². The zero-order valence-corrected chi connectivity index (χ0v) is 42.0. The van der Waals surface area contributed by atoms with Gasteiger partial charge in [-0.25, -0.2) is 0 Å². The Morgan fingerprint density at radius 3 is 0.690 bits per heavy atom. The second-order valence-electron chi connectivity index (χ2n) is 17.1. The van der Waals surface area contributed by atoms with Gasteiger partial charge in [0.05, 0.1) is 0 Å². The second-order valence-corrected chi connectivity index (χ2v) is 23.4. The van der Waals surface area contributed by atoms with Crippen LogP contribution in [0.4, 0.5) is 0 Å². The first kappa shape index (κ1) is 46.8. The highest BCUT2D eigenvalue weighted by atomic mass is 31.2. The van der Waals surface area contributed by atoms with Gasteiger partial charge in [-0.1, -0.05) is 244 Å². The van der Waals surface area contributed by atoms with Crippen molar-refractivity contribution in [2.45, 2.75) is 13.1 Å². The van der Waals surface area contributed by atoms with Gasteiger partial charge in [0, 0.05) is 22.3 Å². The maximum atomic E-state index is 7.10. The van der Waals surface area contributed by atoms with Crippen LogP contribution in [0.1, 0.15) is 0 Å². The van der Waals surface area contributed by atoms with Gasteiger partial charge in [-0.05, 0) is 69.0 Å². The van der Waals surface area contributed by atoms with Gasteiger partial charge in [-0.15, -0.1) is 0 Å². The normalized spacial score (nSPS) is 11.2. The van der Waals surface area contributed by atoms with E-state index in [4.69, 9.17) is 27.1 Å². The molecule has 0 bridgehead atoms. The number of hydrogen-bond donors (Lipinski definition) is 0. The smallest absolute Gasteiger partial charge is 0.409 e. The summed E-state index contributed by atoms with van der Waals surface area (Å²) in [6.45, 7) is 4.60. The van der Waals surface area contributed by atoms with Crippen LogP contribution < -0.4 is 37.5 Å². The highest BCUT2D eigenvalue weighted by molar-refractivity contribution is 7.43. The number of para-hydroxylation sites is 6. The highest BCUT2D eigenvalue weighted by Crippen LogP contribution is 2.49. The number of benzene rings is 10. The molecule has 0 spiro atoms. The fourth-order valence-corrected chi connectivity index (χ4v) is 13.6. The molecule has 0 radical (unpaired) electrons. The summed E-state index contributed by atoms with van der Waals surface area (Å²) in [7, 11) is -6.96. The molecule has 0 amide bonds. The van der Waals surface area contributed by atoms with Crippen LogP contribution >= 0.6 is 17.2 Å². The Bertz CT molecular complexity index is 2930. The average molecular weight is 981 g/mol. The third kappa shape index (κ3) is 11.1. The molecule has 6 nitrogen and oxygen atoms in total. The molecular weight excluding hydrogens is 931 g/mol. The Balaban J connectivity index is 1.02. The molecule has 10 aromatic rings. The van der Waals surface area contributed by atoms with Crippen LogP contribution in [0.25, 0.3) is 44.5 Å². The van der Waals surface area contributed by atoms with Crippen molar-refractivity contribution in [1.29, 1.82) is 0 Å². The predicted octanol–water partition coefficient (Wildman–Crippen LogP) is 16.7. The molecule has 348 valence electrons. The Hall–Kier alpha value is -7.92. The van der Waals surface area contributed by atoms with Crippen LogP contribution in [0, 0.1) is 0 Å². The topological polar surface area (TPSA) is 55.4 Å². The van der Waals surface area contributed by atoms with E-state index in [9.17, 15) is 0 Å². The van der Waals surface area contributed by atoms with Gasteiger partial charge < -0.3 is 27.1 Å². The maximum Gasteiger partial charge on any atom is 0.530 e. The molecule has 10 aromatic carbocycles. The minimum Gasteiger partial charge on any atom is -0.409 e. The molecule has 0 aliphatic heterocycles. The lowest BCUT2D eigenvalue weighted by Crippen LogP contribution is -2.53. The monoisotopic (exact) mass is 980 g/mol. The van der Waals surface area contributed by atoms with Crippen molar-refractivity contribution >= 4 is 35.7 Å². The highest BCUT2D eigenvalue weighted by Gasteiger charge is 2.36. The fourth-order valence-electron chi connectivity index (χ4n) is 8.47. The molecule has 71 heavy (non-hydrogen) atoms. The van der Waals surface area contributed by atoms with Gasteiger partial charge in [-0.3, -0.25) is 0 Å². The molecule has 0 aliphatic carbocycles. The SMILES string of the molecule is C[Si](C)(c1ccccc1OP(Oc1ccccc1-c1ccccc1)Oc1ccccc1-c1ccccc1)c1ccccc1OP(Oc1ccccc1-c1ccccc1)Oc1ccccc1-c1ccccc1.